The van der Waals surface area contributed by atoms with Crippen molar-refractivity contribution in [3.63, 3.8) is 0 Å². The zero-order valence-electron chi connectivity index (χ0n) is 17.7. The molecule has 2 aromatic carbocycles. The van der Waals surface area contributed by atoms with Crippen molar-refractivity contribution in [3.05, 3.63) is 42.1 Å². The molecule has 36 heavy (non-hydrogen) atoms. The molecule has 0 aliphatic rings. The van der Waals surface area contributed by atoms with Gasteiger partial charge in [0.25, 0.3) is 30.4 Å². The maximum absolute atomic E-state index is 11.8. The van der Waals surface area contributed by atoms with E-state index >= 15 is 0 Å². The van der Waals surface area contributed by atoms with Crippen LogP contribution in [0.5, 0.6) is 0 Å². The van der Waals surface area contributed by atoms with E-state index < -0.39 is 45.8 Å². The zero-order valence-corrected chi connectivity index (χ0v) is 21.0. The lowest BCUT2D eigenvalue weighted by atomic mass is 10.3. The summed E-state index contributed by atoms with van der Waals surface area (Å²) in [4.78, 5) is 2.42. The highest BCUT2D eigenvalue weighted by molar-refractivity contribution is 7.86. The van der Waals surface area contributed by atoms with E-state index in [2.05, 4.69) is 20.3 Å². The van der Waals surface area contributed by atoms with Crippen molar-refractivity contribution in [1.29, 1.82) is 0 Å². The van der Waals surface area contributed by atoms with Crippen molar-refractivity contribution in [3.8, 4) is 5.69 Å². The van der Waals surface area contributed by atoms with Crippen molar-refractivity contribution >= 4 is 68.5 Å². The van der Waals surface area contributed by atoms with Crippen LogP contribution in [-0.2, 0) is 30.4 Å². The molecule has 15 nitrogen and oxygen atoms in total. The lowest BCUT2D eigenvalue weighted by Crippen LogP contribution is -2.11. The minimum absolute atomic E-state index is 0.0496. The van der Waals surface area contributed by atoms with Gasteiger partial charge in [0.1, 0.15) is 4.90 Å². The highest BCUT2D eigenvalue weighted by Crippen LogP contribution is 2.35. The number of hydrogen-bond acceptors (Lipinski definition) is 12. The number of fused-ring (bicyclic) bond motifs is 1. The Kier molecular flexibility index (Phi) is 6.19. The smallest absolute Gasteiger partial charge is 0.296 e. The summed E-state index contributed by atoms with van der Waals surface area (Å²) in [5, 5.41) is 12.0. The van der Waals surface area contributed by atoms with Gasteiger partial charge in [-0.3, -0.25) is 13.7 Å². The maximum Gasteiger partial charge on any atom is 0.296 e. The summed E-state index contributed by atoms with van der Waals surface area (Å²) in [7, 11) is -14.0. The maximum atomic E-state index is 11.8. The number of nitrogens with zero attached hydrogens (tertiary/aromatic N) is 5. The second kappa shape index (κ2) is 8.65. The second-order valence-electron chi connectivity index (χ2n) is 7.11. The second-order valence-corrected chi connectivity index (χ2v) is 12.4. The molecule has 2 heterocycles. The van der Waals surface area contributed by atoms with Gasteiger partial charge in [0, 0.05) is 0 Å². The molecule has 0 radical (unpaired) electrons. The van der Waals surface area contributed by atoms with Crippen molar-refractivity contribution in [2.45, 2.75) is 21.6 Å². The lowest BCUT2D eigenvalue weighted by molar-refractivity contribution is 0.477. The van der Waals surface area contributed by atoms with Crippen molar-refractivity contribution in [2.24, 2.45) is 10.2 Å². The summed E-state index contributed by atoms with van der Waals surface area (Å²) in [5.74, 6) is -0.289. The molecule has 0 aliphatic carbocycles. The Morgan fingerprint density at radius 1 is 0.889 bits per heavy atom. The molecule has 0 fully saturated rings. The molecule has 0 aliphatic heterocycles. The molecule has 0 bridgehead atoms. The van der Waals surface area contributed by atoms with Crippen molar-refractivity contribution < 1.29 is 38.9 Å². The van der Waals surface area contributed by atoms with Gasteiger partial charge >= 0.3 is 0 Å². The van der Waals surface area contributed by atoms with E-state index in [1.165, 1.54) is 19.1 Å². The summed E-state index contributed by atoms with van der Waals surface area (Å²) < 4.78 is 98.7. The molecule has 4 aromatic rings. The molecule has 0 spiro atoms. The van der Waals surface area contributed by atoms with Crippen LogP contribution in [-0.4, -0.2) is 53.7 Å². The largest absolute Gasteiger partial charge is 0.382 e. The Hall–Kier alpha value is -3.33. The van der Waals surface area contributed by atoms with Crippen LogP contribution in [0.25, 0.3) is 15.9 Å². The molecule has 0 atom stereocenters. The van der Waals surface area contributed by atoms with Crippen molar-refractivity contribution in [2.75, 3.05) is 5.73 Å². The third kappa shape index (κ3) is 4.97. The lowest BCUT2D eigenvalue weighted by Gasteiger charge is -2.10. The summed E-state index contributed by atoms with van der Waals surface area (Å²) in [6.45, 7) is 1.44. The number of rotatable bonds is 6. The van der Waals surface area contributed by atoms with E-state index in [0.29, 0.717) is 10.2 Å². The van der Waals surface area contributed by atoms with E-state index in [-0.39, 0.29) is 27.2 Å². The molecule has 0 amide bonds. The third-order valence-corrected chi connectivity index (χ3v) is 8.18. The van der Waals surface area contributed by atoms with Crippen LogP contribution in [0.1, 0.15) is 5.69 Å². The molecule has 190 valence electrons. The summed E-state index contributed by atoms with van der Waals surface area (Å²) in [5.41, 5.74) is 6.04. The fraction of sp³-hybridized carbons (Fsp3) is 0.0588. The predicted molar refractivity (Wildman–Crippen MR) is 126 cm³/mol. The van der Waals surface area contributed by atoms with Crippen LogP contribution < -0.4 is 5.73 Å². The minimum atomic E-state index is -4.86. The zero-order chi connectivity index (χ0) is 26.6. The molecule has 0 saturated heterocycles. The Morgan fingerprint density at radius 3 is 2.11 bits per heavy atom. The normalized spacial score (nSPS) is 13.1. The van der Waals surface area contributed by atoms with Crippen LogP contribution in [0.3, 0.4) is 0 Å². The van der Waals surface area contributed by atoms with Gasteiger partial charge in [-0.1, -0.05) is 11.3 Å². The van der Waals surface area contributed by atoms with Crippen LogP contribution >= 0.6 is 11.3 Å². The first-order valence-corrected chi connectivity index (χ1v) is 14.4. The van der Waals surface area contributed by atoms with Gasteiger partial charge in [-0.25, -0.2) is 9.67 Å². The highest BCUT2D eigenvalue weighted by atomic mass is 32.2. The van der Waals surface area contributed by atoms with Crippen LogP contribution in [0.2, 0.25) is 0 Å². The third-order valence-electron chi connectivity index (χ3n) is 4.68. The average Bonchev–Trinajstić information content (AvgIpc) is 3.29. The SMILES string of the molecule is Cc1nn(-c2cc(S(=O)(=O)O)ccc2S(=O)(=O)O)c(N)c1N=Nc1nc2ccc(S(=O)(=O)O)cc2s1. The van der Waals surface area contributed by atoms with Gasteiger partial charge in [-0.15, -0.1) is 10.2 Å². The molecular weight excluding hydrogens is 560 g/mol. The molecular formula is C17H14N6O9S4. The first-order chi connectivity index (χ1) is 16.6. The molecule has 19 heteroatoms. The van der Waals surface area contributed by atoms with Gasteiger partial charge < -0.3 is 5.73 Å². The van der Waals surface area contributed by atoms with Crippen molar-refractivity contribution in [1.82, 2.24) is 14.8 Å². The average molecular weight is 575 g/mol. The number of nitrogen functional groups attached to an aromatic ring is 1. The standard InChI is InChI=1S/C17H14N6O9S4/c1-8-15(20-21-17-19-11-4-2-10(35(27,28)29)7-13(11)33-17)16(18)23(22-8)12-6-9(34(24,25)26)3-5-14(12)36(30,31)32/h2-7H,18H2,1H3,(H,24,25,26)(H,27,28,29)(H,30,31,32). The van der Waals surface area contributed by atoms with Gasteiger partial charge in [0.05, 0.1) is 31.4 Å². The van der Waals surface area contributed by atoms with Gasteiger partial charge in [0.15, 0.2) is 11.5 Å². The molecule has 4 rings (SSSR count). The van der Waals surface area contributed by atoms with E-state index in [0.717, 1.165) is 40.3 Å². The predicted octanol–water partition coefficient (Wildman–Crippen LogP) is 2.53. The number of nitrogens with two attached hydrogens (primary N) is 1. The van der Waals surface area contributed by atoms with Crippen LogP contribution in [0.15, 0.2) is 61.3 Å². The number of hydrogen-bond donors (Lipinski definition) is 4. The van der Waals surface area contributed by atoms with Gasteiger partial charge in [-0.05, 0) is 43.3 Å². The molecule has 5 N–H and O–H groups in total. The number of benzene rings is 2. The number of anilines is 1. The fourth-order valence-corrected chi connectivity index (χ4v) is 5.63. The van der Waals surface area contributed by atoms with E-state index in [9.17, 15) is 38.9 Å². The Bertz CT molecular complexity index is 1890. The fourth-order valence-electron chi connectivity index (χ4n) is 3.07. The monoisotopic (exact) mass is 574 g/mol. The van der Waals surface area contributed by atoms with Crippen LogP contribution in [0.4, 0.5) is 16.6 Å². The van der Waals surface area contributed by atoms with E-state index in [1.54, 1.807) is 0 Å². The Labute approximate surface area is 207 Å². The summed E-state index contributed by atoms with van der Waals surface area (Å²) >= 11 is 0.950. The Balaban J connectivity index is 1.80. The van der Waals surface area contributed by atoms with Gasteiger partial charge in [-0.2, -0.15) is 30.4 Å². The summed E-state index contributed by atoms with van der Waals surface area (Å²) in [6.07, 6.45) is 0. The van der Waals surface area contributed by atoms with E-state index in [4.69, 9.17) is 5.73 Å². The van der Waals surface area contributed by atoms with Gasteiger partial charge in [0.2, 0.25) is 5.13 Å². The summed E-state index contributed by atoms with van der Waals surface area (Å²) in [6, 6.07) is 6.02. The molecule has 0 saturated carbocycles. The van der Waals surface area contributed by atoms with Crippen LogP contribution in [0, 0.1) is 6.92 Å². The first-order valence-electron chi connectivity index (χ1n) is 9.30. The molecule has 0 unspecified atom stereocenters. The number of thiazole rings is 1. The van der Waals surface area contributed by atoms with E-state index in [1.807, 2.05) is 0 Å². The highest BCUT2D eigenvalue weighted by Gasteiger charge is 2.24. The quantitative estimate of drug-likeness (QED) is 0.192. The minimum Gasteiger partial charge on any atom is -0.382 e. The topological polar surface area (TPSA) is 245 Å². The Morgan fingerprint density at radius 2 is 1.50 bits per heavy atom. The number of azo groups is 1. The first kappa shape index (κ1) is 25.8. The number of aryl methyl sites for hydroxylation is 1. The molecule has 2 aromatic heterocycles. The number of aromatic nitrogens is 3.